The number of benzene rings is 3. The van der Waals surface area contributed by atoms with Crippen LogP contribution in [0.25, 0.3) is 34.3 Å². The Hall–Kier alpha value is -3.44. The van der Waals surface area contributed by atoms with Gasteiger partial charge in [0.2, 0.25) is 11.0 Å². The first-order valence-electron chi connectivity index (χ1n) is 9.92. The van der Waals surface area contributed by atoms with Crippen molar-refractivity contribution in [3.8, 4) is 11.1 Å². The van der Waals surface area contributed by atoms with Gasteiger partial charge in [0.05, 0.1) is 16.7 Å². The average Bonchev–Trinajstić information content (AvgIpc) is 3.20. The second-order valence-corrected chi connectivity index (χ2v) is 9.54. The quantitative estimate of drug-likeness (QED) is 0.302. The summed E-state index contributed by atoms with van der Waals surface area (Å²) in [6, 6.07) is 19.1. The van der Waals surface area contributed by atoms with Gasteiger partial charge in [-0.15, -0.1) is 0 Å². The van der Waals surface area contributed by atoms with Crippen molar-refractivity contribution in [3.05, 3.63) is 78.1 Å². The van der Waals surface area contributed by atoms with Crippen LogP contribution >= 0.6 is 0 Å². The van der Waals surface area contributed by atoms with Gasteiger partial charge in [0.15, 0.2) is 0 Å². The zero-order valence-corrected chi connectivity index (χ0v) is 19.4. The highest BCUT2D eigenvalue weighted by Gasteiger charge is 2.37. The van der Waals surface area contributed by atoms with Gasteiger partial charge in [-0.25, -0.2) is 13.4 Å². The van der Waals surface area contributed by atoms with E-state index in [9.17, 15) is 21.6 Å². The fourth-order valence-corrected chi connectivity index (χ4v) is 4.22. The van der Waals surface area contributed by atoms with E-state index in [-0.39, 0.29) is 5.69 Å². The van der Waals surface area contributed by atoms with Gasteiger partial charge < -0.3 is 9.71 Å². The summed E-state index contributed by atoms with van der Waals surface area (Å²) in [5.41, 5.74) is -0.559. The summed E-state index contributed by atoms with van der Waals surface area (Å²) in [5.74, 6) is 0.605. The zero-order chi connectivity index (χ0) is 24.3. The van der Waals surface area contributed by atoms with Gasteiger partial charge in [0.1, 0.15) is 16.8 Å². The summed E-state index contributed by atoms with van der Waals surface area (Å²) >= 11 is 0. The van der Waals surface area contributed by atoms with Crippen LogP contribution in [0.5, 0.6) is 0 Å². The Labute approximate surface area is 198 Å². The van der Waals surface area contributed by atoms with E-state index in [1.165, 1.54) is 6.07 Å². The van der Waals surface area contributed by atoms with Crippen molar-refractivity contribution in [2.24, 2.45) is 0 Å². The predicted octanol–water partition coefficient (Wildman–Crippen LogP) is 5.70. The molecule has 0 aliphatic rings. The normalized spacial score (nSPS) is 13.8. The van der Waals surface area contributed by atoms with Crippen LogP contribution in [0.2, 0.25) is 0 Å². The summed E-state index contributed by atoms with van der Waals surface area (Å²) < 4.78 is 65.8. The van der Waals surface area contributed by atoms with Crippen molar-refractivity contribution in [3.63, 3.8) is 0 Å². The molecule has 0 spiro atoms. The molecule has 0 aliphatic heterocycles. The molecule has 2 unspecified atom stereocenters. The van der Waals surface area contributed by atoms with Crippen molar-refractivity contribution in [1.82, 2.24) is 9.97 Å². The summed E-state index contributed by atoms with van der Waals surface area (Å²) in [4.78, 5) is 7.70. The standard InChI is InChI=1S/C23H19F3N4O2S2/c1-33(31)29-17-10-6-15(7-11-17)8-13-22-27-20-12-9-16(14-21(20)28-22)18-4-2-3-5-19(18)30-34(32)23(24,25)26/h2-14,29-30H,1H3,(H,27,28)/b13-8+. The second-order valence-electron chi connectivity index (χ2n) is 7.23. The lowest BCUT2D eigenvalue weighted by atomic mass is 10.0. The van der Waals surface area contributed by atoms with Crippen LogP contribution in [0.3, 0.4) is 0 Å². The minimum Gasteiger partial charge on any atom is -0.338 e. The molecule has 0 saturated carbocycles. The van der Waals surface area contributed by atoms with Gasteiger partial charge in [-0.1, -0.05) is 42.5 Å². The number of H-pyrrole nitrogens is 1. The SMILES string of the molecule is CS(=O)Nc1ccc(/C=C/c2nc3ccc(-c4ccccc4NS(=O)C(F)(F)F)cc3[nH]2)cc1. The van der Waals surface area contributed by atoms with Gasteiger partial charge in [0, 0.05) is 17.5 Å². The van der Waals surface area contributed by atoms with Crippen LogP contribution in [0.1, 0.15) is 11.4 Å². The topological polar surface area (TPSA) is 86.9 Å². The van der Waals surface area contributed by atoms with E-state index in [1.54, 1.807) is 42.7 Å². The molecular formula is C23H19F3N4O2S2. The number of aromatic amines is 1. The first-order chi connectivity index (χ1) is 16.2. The van der Waals surface area contributed by atoms with Crippen LogP contribution in [0.15, 0.2) is 66.7 Å². The molecule has 0 amide bonds. The van der Waals surface area contributed by atoms with E-state index >= 15 is 0 Å². The van der Waals surface area contributed by atoms with E-state index in [0.717, 1.165) is 11.3 Å². The third kappa shape index (κ3) is 5.72. The molecule has 34 heavy (non-hydrogen) atoms. The molecule has 1 aromatic heterocycles. The van der Waals surface area contributed by atoms with Gasteiger partial charge in [0.25, 0.3) is 0 Å². The van der Waals surface area contributed by atoms with E-state index in [0.29, 0.717) is 28.0 Å². The molecule has 0 fully saturated rings. The third-order valence-corrected chi connectivity index (χ3v) is 6.11. The van der Waals surface area contributed by atoms with E-state index in [1.807, 2.05) is 41.1 Å². The average molecular weight is 505 g/mol. The lowest BCUT2D eigenvalue weighted by molar-refractivity contribution is -0.0379. The number of alkyl halides is 3. The molecule has 176 valence electrons. The number of nitrogens with one attached hydrogen (secondary N) is 3. The Bertz CT molecular complexity index is 1400. The number of para-hydroxylation sites is 1. The second kappa shape index (κ2) is 9.82. The Morgan fingerprint density at radius 2 is 1.68 bits per heavy atom. The number of aromatic nitrogens is 2. The molecule has 0 radical (unpaired) electrons. The smallest absolute Gasteiger partial charge is 0.338 e. The molecule has 3 aromatic carbocycles. The fraction of sp³-hybridized carbons (Fsp3) is 0.0870. The third-order valence-electron chi connectivity index (χ3n) is 4.76. The number of anilines is 2. The maximum Gasteiger partial charge on any atom is 0.490 e. The van der Waals surface area contributed by atoms with E-state index < -0.39 is 27.5 Å². The molecule has 4 rings (SSSR count). The predicted molar refractivity (Wildman–Crippen MR) is 132 cm³/mol. The van der Waals surface area contributed by atoms with Crippen LogP contribution in [0.4, 0.5) is 24.5 Å². The number of nitrogens with zero attached hydrogens (tertiary/aromatic N) is 1. The molecule has 6 nitrogen and oxygen atoms in total. The Morgan fingerprint density at radius 3 is 2.38 bits per heavy atom. The number of hydrogen-bond donors (Lipinski definition) is 3. The molecule has 2 atom stereocenters. The number of hydrogen-bond acceptors (Lipinski definition) is 3. The van der Waals surface area contributed by atoms with Crippen molar-refractivity contribution in [2.45, 2.75) is 5.51 Å². The maximum atomic E-state index is 12.7. The molecule has 4 aromatic rings. The Morgan fingerprint density at radius 1 is 0.941 bits per heavy atom. The van der Waals surface area contributed by atoms with Crippen molar-refractivity contribution in [1.29, 1.82) is 0 Å². The van der Waals surface area contributed by atoms with Crippen molar-refractivity contribution >= 4 is 56.5 Å². The number of rotatable bonds is 7. The van der Waals surface area contributed by atoms with Crippen molar-refractivity contribution in [2.75, 3.05) is 15.7 Å². The molecule has 1 heterocycles. The minimum atomic E-state index is -4.87. The lowest BCUT2D eigenvalue weighted by Gasteiger charge is -2.13. The molecule has 0 bridgehead atoms. The summed E-state index contributed by atoms with van der Waals surface area (Å²) in [6.07, 6.45) is 5.23. The molecule has 11 heteroatoms. The Balaban J connectivity index is 1.57. The summed E-state index contributed by atoms with van der Waals surface area (Å²) in [6.45, 7) is 0. The van der Waals surface area contributed by atoms with Crippen LogP contribution in [-0.2, 0) is 22.0 Å². The Kier molecular flexibility index (Phi) is 6.85. The highest BCUT2D eigenvalue weighted by molar-refractivity contribution is 7.87. The first-order valence-corrected chi connectivity index (χ1v) is 12.6. The highest BCUT2D eigenvalue weighted by atomic mass is 32.2. The highest BCUT2D eigenvalue weighted by Crippen LogP contribution is 2.32. The maximum absolute atomic E-state index is 12.7. The number of halogens is 3. The largest absolute Gasteiger partial charge is 0.490 e. The van der Waals surface area contributed by atoms with Crippen LogP contribution in [-0.4, -0.2) is 30.1 Å². The lowest BCUT2D eigenvalue weighted by Crippen LogP contribution is -2.23. The number of fused-ring (bicyclic) bond motifs is 1. The molecule has 0 aliphatic carbocycles. The molecule has 3 N–H and O–H groups in total. The first kappa shape index (κ1) is 23.7. The van der Waals surface area contributed by atoms with Gasteiger partial charge in [-0.3, -0.25) is 4.72 Å². The van der Waals surface area contributed by atoms with Gasteiger partial charge in [-0.05, 0) is 47.5 Å². The fourth-order valence-electron chi connectivity index (χ4n) is 3.26. The van der Waals surface area contributed by atoms with Gasteiger partial charge >= 0.3 is 5.51 Å². The summed E-state index contributed by atoms with van der Waals surface area (Å²) in [7, 11) is -4.36. The monoisotopic (exact) mass is 504 g/mol. The summed E-state index contributed by atoms with van der Waals surface area (Å²) in [5, 5.41) is 0. The van der Waals surface area contributed by atoms with Gasteiger partial charge in [-0.2, -0.15) is 13.2 Å². The zero-order valence-electron chi connectivity index (χ0n) is 17.7. The molecule has 0 saturated heterocycles. The van der Waals surface area contributed by atoms with Crippen LogP contribution < -0.4 is 9.44 Å². The van der Waals surface area contributed by atoms with E-state index in [2.05, 4.69) is 14.7 Å². The minimum absolute atomic E-state index is 0.113. The number of imidazole rings is 1. The molecular weight excluding hydrogens is 485 g/mol. The van der Waals surface area contributed by atoms with E-state index in [4.69, 9.17) is 0 Å². The van der Waals surface area contributed by atoms with Crippen LogP contribution in [0, 0.1) is 0 Å². The van der Waals surface area contributed by atoms with Crippen molar-refractivity contribution < 1.29 is 21.6 Å².